The molecule has 2 aromatic carbocycles. The number of rotatable bonds is 1. The molecule has 1 saturated heterocycles. The van der Waals surface area contributed by atoms with E-state index < -0.39 is 0 Å². The van der Waals surface area contributed by atoms with Crippen molar-refractivity contribution in [3.8, 4) is 0 Å². The summed E-state index contributed by atoms with van der Waals surface area (Å²) in [5.41, 5.74) is 1.83. The van der Waals surface area contributed by atoms with Crippen LogP contribution < -0.4 is 5.32 Å². The van der Waals surface area contributed by atoms with Crippen LogP contribution >= 0.6 is 46.7 Å². The Balaban J connectivity index is 1.86. The van der Waals surface area contributed by atoms with Gasteiger partial charge in [0.05, 0.1) is 16.2 Å². The number of para-hydroxylation sites is 1. The predicted molar refractivity (Wildman–Crippen MR) is 98.5 cm³/mol. The molecular weight excluding hydrogens is 371 g/mol. The first-order valence-corrected chi connectivity index (χ1v) is 9.40. The normalized spacial score (nSPS) is 22.7. The van der Waals surface area contributed by atoms with E-state index >= 15 is 0 Å². The molecule has 0 aliphatic carbocycles. The van der Waals surface area contributed by atoms with Crippen molar-refractivity contribution < 1.29 is 4.79 Å². The number of benzene rings is 2. The van der Waals surface area contributed by atoms with E-state index in [1.807, 2.05) is 36.4 Å². The number of amides is 1. The summed E-state index contributed by atoms with van der Waals surface area (Å²) in [6.07, 6.45) is 0. The number of aliphatic imine (C=N–C) groups is 1. The molecule has 2 aliphatic heterocycles. The molecule has 116 valence electrons. The minimum absolute atomic E-state index is 0.0221. The van der Waals surface area contributed by atoms with Gasteiger partial charge in [0.15, 0.2) is 0 Å². The fourth-order valence-corrected chi connectivity index (χ4v) is 5.67. The summed E-state index contributed by atoms with van der Waals surface area (Å²) in [5, 5.41) is 3.86. The summed E-state index contributed by atoms with van der Waals surface area (Å²) in [7, 11) is 0. The van der Waals surface area contributed by atoms with E-state index in [0.717, 1.165) is 16.1 Å². The lowest BCUT2D eigenvalue weighted by Crippen LogP contribution is -2.27. The minimum Gasteiger partial charge on any atom is -0.304 e. The maximum absolute atomic E-state index is 11.9. The Morgan fingerprint density at radius 3 is 2.70 bits per heavy atom. The first-order valence-electron chi connectivity index (χ1n) is 6.89. The van der Waals surface area contributed by atoms with Crippen molar-refractivity contribution in [3.63, 3.8) is 0 Å². The van der Waals surface area contributed by atoms with Crippen LogP contribution in [0.25, 0.3) is 0 Å². The summed E-state index contributed by atoms with van der Waals surface area (Å²) in [6, 6.07) is 13.4. The molecule has 0 radical (unpaired) electrons. The number of nitrogens with one attached hydrogen (secondary N) is 1. The Morgan fingerprint density at radius 1 is 1.04 bits per heavy atom. The Hall–Kier alpha value is -1.14. The maximum Gasteiger partial charge on any atom is 0.285 e. The summed E-state index contributed by atoms with van der Waals surface area (Å²) in [6.45, 7) is 0. The molecule has 1 fully saturated rings. The first kappa shape index (κ1) is 15.4. The lowest BCUT2D eigenvalue weighted by atomic mass is 10.1. The molecule has 0 aromatic heterocycles. The van der Waals surface area contributed by atoms with Crippen molar-refractivity contribution in [3.05, 3.63) is 58.1 Å². The zero-order chi connectivity index (χ0) is 16.0. The van der Waals surface area contributed by atoms with E-state index in [0.29, 0.717) is 15.9 Å². The number of halogens is 2. The van der Waals surface area contributed by atoms with E-state index in [1.54, 1.807) is 17.8 Å². The molecule has 2 unspecified atom stereocenters. The molecule has 0 bridgehead atoms. The molecule has 23 heavy (non-hydrogen) atoms. The molecule has 1 N–H and O–H groups in total. The largest absolute Gasteiger partial charge is 0.304 e. The van der Waals surface area contributed by atoms with Crippen molar-refractivity contribution in [1.29, 1.82) is 0 Å². The highest BCUT2D eigenvalue weighted by Crippen LogP contribution is 2.51. The molecule has 2 aromatic rings. The van der Waals surface area contributed by atoms with Gasteiger partial charge < -0.3 is 5.32 Å². The number of fused-ring (bicyclic) bond motifs is 2. The van der Waals surface area contributed by atoms with Crippen molar-refractivity contribution in [1.82, 2.24) is 5.32 Å². The van der Waals surface area contributed by atoms with Gasteiger partial charge in [-0.25, -0.2) is 4.99 Å². The fraction of sp³-hybridized carbons (Fsp3) is 0.125. The van der Waals surface area contributed by atoms with Crippen molar-refractivity contribution in [2.75, 3.05) is 0 Å². The van der Waals surface area contributed by atoms with Crippen LogP contribution in [-0.2, 0) is 0 Å². The molecule has 2 atom stereocenters. The second kappa shape index (κ2) is 6.06. The fourth-order valence-electron chi connectivity index (χ4n) is 2.61. The minimum atomic E-state index is -0.0985. The van der Waals surface area contributed by atoms with Gasteiger partial charge in [-0.1, -0.05) is 53.2 Å². The standard InChI is InChI=1S/C16H10Cl2N2OS2/c17-8-5-6-9(10(18)7-8)13-14-15(20-16(21)23-14)19-11-3-1-2-4-12(11)22-13/h1-7,13-14H,(H,19,20,21). The van der Waals surface area contributed by atoms with Crippen LogP contribution in [0.4, 0.5) is 10.5 Å². The average Bonchev–Trinajstić information content (AvgIpc) is 2.80. The average molecular weight is 381 g/mol. The van der Waals surface area contributed by atoms with Crippen LogP contribution in [0.15, 0.2) is 52.4 Å². The summed E-state index contributed by atoms with van der Waals surface area (Å²) >= 11 is 15.4. The molecular formula is C16H10Cl2N2OS2. The molecule has 2 aliphatic rings. The highest BCUT2D eigenvalue weighted by atomic mass is 35.5. The van der Waals surface area contributed by atoms with Crippen LogP contribution in [0, 0.1) is 0 Å². The third-order valence-electron chi connectivity index (χ3n) is 3.64. The first-order chi connectivity index (χ1) is 11.1. The molecule has 3 nitrogen and oxygen atoms in total. The van der Waals surface area contributed by atoms with Crippen LogP contribution in [-0.4, -0.2) is 16.3 Å². The van der Waals surface area contributed by atoms with Crippen LogP contribution in [0.5, 0.6) is 0 Å². The van der Waals surface area contributed by atoms with Crippen molar-refractivity contribution in [2.24, 2.45) is 4.99 Å². The van der Waals surface area contributed by atoms with E-state index in [2.05, 4.69) is 10.3 Å². The number of carbonyl (C=O) groups excluding carboxylic acids is 1. The summed E-state index contributed by atoms with van der Waals surface area (Å²) < 4.78 is 0. The predicted octanol–water partition coefficient (Wildman–Crippen LogP) is 5.70. The molecule has 4 rings (SSSR count). The number of hydrogen-bond donors (Lipinski definition) is 1. The SMILES string of the molecule is O=C1NC2=Nc3ccccc3SC(c3ccc(Cl)cc3Cl)C2S1. The third-order valence-corrected chi connectivity index (χ3v) is 6.82. The maximum atomic E-state index is 11.9. The van der Waals surface area contributed by atoms with Gasteiger partial charge in [0.1, 0.15) is 5.84 Å². The number of thioether (sulfide) groups is 2. The van der Waals surface area contributed by atoms with E-state index in [1.165, 1.54) is 11.8 Å². The highest BCUT2D eigenvalue weighted by Gasteiger charge is 2.40. The van der Waals surface area contributed by atoms with Gasteiger partial charge in [-0.05, 0) is 29.8 Å². The summed E-state index contributed by atoms with van der Waals surface area (Å²) in [5.74, 6) is 0.688. The van der Waals surface area contributed by atoms with Gasteiger partial charge in [0, 0.05) is 14.9 Å². The number of amidine groups is 1. The van der Waals surface area contributed by atoms with Gasteiger partial charge in [0.25, 0.3) is 5.24 Å². The van der Waals surface area contributed by atoms with E-state index in [-0.39, 0.29) is 15.7 Å². The Labute approximate surface area is 151 Å². The van der Waals surface area contributed by atoms with Crippen LogP contribution in [0.1, 0.15) is 10.8 Å². The zero-order valence-electron chi connectivity index (χ0n) is 11.6. The van der Waals surface area contributed by atoms with Crippen molar-refractivity contribution in [2.45, 2.75) is 15.4 Å². The topological polar surface area (TPSA) is 41.5 Å². The number of nitrogens with zero attached hydrogens (tertiary/aromatic N) is 1. The van der Waals surface area contributed by atoms with Crippen LogP contribution in [0.2, 0.25) is 10.0 Å². The molecule has 0 spiro atoms. The van der Waals surface area contributed by atoms with Crippen LogP contribution in [0.3, 0.4) is 0 Å². The molecule has 0 saturated carbocycles. The van der Waals surface area contributed by atoms with Gasteiger partial charge in [-0.2, -0.15) is 0 Å². The zero-order valence-corrected chi connectivity index (χ0v) is 14.8. The smallest absolute Gasteiger partial charge is 0.285 e. The molecule has 1 amide bonds. The third kappa shape index (κ3) is 2.87. The van der Waals surface area contributed by atoms with Gasteiger partial charge in [0.2, 0.25) is 0 Å². The van der Waals surface area contributed by atoms with Gasteiger partial charge in [-0.15, -0.1) is 11.8 Å². The second-order valence-electron chi connectivity index (χ2n) is 5.12. The second-order valence-corrected chi connectivity index (χ2v) is 8.26. The van der Waals surface area contributed by atoms with E-state index in [4.69, 9.17) is 23.2 Å². The quantitative estimate of drug-likeness (QED) is 0.689. The number of carbonyl (C=O) groups is 1. The molecule has 7 heteroatoms. The Morgan fingerprint density at radius 2 is 1.87 bits per heavy atom. The van der Waals surface area contributed by atoms with Crippen molar-refractivity contribution >= 4 is 63.5 Å². The monoisotopic (exact) mass is 380 g/mol. The number of hydrogen-bond acceptors (Lipinski definition) is 4. The van der Waals surface area contributed by atoms with Gasteiger partial charge in [-0.3, -0.25) is 4.79 Å². The Kier molecular flexibility index (Phi) is 4.05. The molecule has 2 heterocycles. The van der Waals surface area contributed by atoms with Gasteiger partial charge >= 0.3 is 0 Å². The summed E-state index contributed by atoms with van der Waals surface area (Å²) in [4.78, 5) is 17.6. The highest BCUT2D eigenvalue weighted by molar-refractivity contribution is 8.16. The van der Waals surface area contributed by atoms with E-state index in [9.17, 15) is 4.79 Å². The lowest BCUT2D eigenvalue weighted by Gasteiger charge is -2.21. The lowest BCUT2D eigenvalue weighted by molar-refractivity contribution is 0.265. The Bertz CT molecular complexity index is 841.